The first kappa shape index (κ1) is 23.7. The summed E-state index contributed by atoms with van der Waals surface area (Å²) >= 11 is 0. The van der Waals surface area contributed by atoms with Crippen molar-refractivity contribution >= 4 is 33.1 Å². The number of rotatable bonds is 6. The lowest BCUT2D eigenvalue weighted by Crippen LogP contribution is -2.22. The average Bonchev–Trinajstić information content (AvgIpc) is 2.82. The molecule has 0 amide bonds. The van der Waals surface area contributed by atoms with Crippen LogP contribution in [0.25, 0.3) is 0 Å². The molecule has 1 aliphatic rings. The van der Waals surface area contributed by atoms with Crippen molar-refractivity contribution in [2.45, 2.75) is 44.4 Å². The molecule has 3 N–H and O–H groups in total. The van der Waals surface area contributed by atoms with E-state index in [1.54, 1.807) is 24.3 Å². The van der Waals surface area contributed by atoms with Crippen LogP contribution < -0.4 is 5.32 Å². The molecule has 34 heavy (non-hydrogen) atoms. The van der Waals surface area contributed by atoms with Crippen LogP contribution in [-0.4, -0.2) is 29.6 Å². The first-order chi connectivity index (χ1) is 16.1. The second-order valence-electron chi connectivity index (χ2n) is 8.40. The van der Waals surface area contributed by atoms with E-state index in [1.165, 1.54) is 24.3 Å². The van der Waals surface area contributed by atoms with Gasteiger partial charge in [0.05, 0.1) is 21.7 Å². The Labute approximate surface area is 198 Å². The van der Waals surface area contributed by atoms with Gasteiger partial charge in [-0.15, -0.1) is 0 Å². The van der Waals surface area contributed by atoms with Gasteiger partial charge in [0.25, 0.3) is 10.1 Å². The first-order valence-electron chi connectivity index (χ1n) is 11.0. The van der Waals surface area contributed by atoms with Crippen molar-refractivity contribution in [2.24, 2.45) is 0 Å². The minimum atomic E-state index is -4.42. The Morgan fingerprint density at radius 2 is 1.56 bits per heavy atom. The molecule has 0 heterocycles. The summed E-state index contributed by atoms with van der Waals surface area (Å²) < 4.78 is 33.4. The molecule has 1 unspecified atom stereocenters. The van der Waals surface area contributed by atoms with Crippen LogP contribution in [0.4, 0.5) is 11.4 Å². The number of aromatic hydroxyl groups is 1. The fourth-order valence-electron chi connectivity index (χ4n) is 4.33. The lowest BCUT2D eigenvalue weighted by atomic mass is 9.82. The topological polar surface area (TPSA) is 121 Å². The zero-order chi connectivity index (χ0) is 24.8. The fraction of sp³-hybridized carbons (Fsp3) is 0.231. The van der Waals surface area contributed by atoms with Gasteiger partial charge in [-0.2, -0.15) is 8.42 Å². The van der Waals surface area contributed by atoms with E-state index in [1.807, 2.05) is 20.8 Å². The zero-order valence-electron chi connectivity index (χ0n) is 19.0. The standard InChI is InChI=1S/C26H25NO6S/c1-4-14(3)19-13-16(34(31,32)33)12-15(5-2)24(19)27-20-10-11-21(28)23-22(20)25(29)17-8-6-7-9-18(17)26(23)30/h6-14,27-28H,4-5H2,1-3H3,(H,31,32,33). The number of anilines is 2. The van der Waals surface area contributed by atoms with Gasteiger partial charge in [-0.1, -0.05) is 45.0 Å². The molecule has 0 aromatic heterocycles. The Hall–Kier alpha value is -3.49. The quantitative estimate of drug-likeness (QED) is 0.256. The number of phenols is 1. The molecule has 176 valence electrons. The number of nitrogens with one attached hydrogen (secondary N) is 1. The van der Waals surface area contributed by atoms with Gasteiger partial charge < -0.3 is 10.4 Å². The van der Waals surface area contributed by atoms with Gasteiger partial charge in [0.15, 0.2) is 11.6 Å². The molecule has 8 heteroatoms. The third-order valence-corrected chi connectivity index (χ3v) is 7.19. The number of carbonyl (C=O) groups is 2. The maximum Gasteiger partial charge on any atom is 0.294 e. The summed E-state index contributed by atoms with van der Waals surface area (Å²) in [5.74, 6) is -1.18. The highest BCUT2D eigenvalue weighted by Crippen LogP contribution is 2.41. The minimum absolute atomic E-state index is 0.0635. The number of aryl methyl sites for hydroxylation is 1. The van der Waals surface area contributed by atoms with Crippen LogP contribution in [0.15, 0.2) is 53.4 Å². The predicted octanol–water partition coefficient (Wildman–Crippen LogP) is 5.23. The van der Waals surface area contributed by atoms with Gasteiger partial charge in [-0.3, -0.25) is 14.1 Å². The monoisotopic (exact) mass is 479 g/mol. The lowest BCUT2D eigenvalue weighted by Gasteiger charge is -2.25. The molecule has 0 saturated carbocycles. The first-order valence-corrected chi connectivity index (χ1v) is 12.5. The SMILES string of the molecule is CCc1cc(S(=O)(=O)O)cc(C(C)CC)c1Nc1ccc(O)c2c1C(=O)c1ccccc1C2=O. The third-order valence-electron chi connectivity index (χ3n) is 6.36. The number of carbonyl (C=O) groups excluding carboxylic acids is 2. The van der Waals surface area contributed by atoms with Crippen molar-refractivity contribution in [3.8, 4) is 5.75 Å². The highest BCUT2D eigenvalue weighted by atomic mass is 32.2. The van der Waals surface area contributed by atoms with Crippen LogP contribution in [-0.2, 0) is 16.5 Å². The van der Waals surface area contributed by atoms with Gasteiger partial charge in [-0.25, -0.2) is 0 Å². The Kier molecular flexibility index (Phi) is 6.05. The summed E-state index contributed by atoms with van der Waals surface area (Å²) in [5, 5.41) is 13.7. The van der Waals surface area contributed by atoms with E-state index in [2.05, 4.69) is 5.32 Å². The molecule has 4 rings (SSSR count). The second-order valence-corrected chi connectivity index (χ2v) is 9.82. The van der Waals surface area contributed by atoms with Crippen LogP contribution in [0.5, 0.6) is 5.75 Å². The molecule has 0 spiro atoms. The normalized spacial score (nSPS) is 13.9. The zero-order valence-corrected chi connectivity index (χ0v) is 19.9. The fourth-order valence-corrected chi connectivity index (χ4v) is 4.90. The van der Waals surface area contributed by atoms with Gasteiger partial charge in [-0.05, 0) is 54.2 Å². The van der Waals surface area contributed by atoms with Crippen molar-refractivity contribution in [3.05, 3.63) is 81.9 Å². The number of hydrogen-bond acceptors (Lipinski definition) is 6. The Morgan fingerprint density at radius 3 is 2.12 bits per heavy atom. The van der Waals surface area contributed by atoms with Crippen molar-refractivity contribution in [1.82, 2.24) is 0 Å². The van der Waals surface area contributed by atoms with Gasteiger partial charge in [0, 0.05) is 16.8 Å². The van der Waals surface area contributed by atoms with Gasteiger partial charge >= 0.3 is 0 Å². The van der Waals surface area contributed by atoms with Crippen molar-refractivity contribution in [1.29, 1.82) is 0 Å². The number of fused-ring (bicyclic) bond motifs is 2. The molecule has 0 bridgehead atoms. The largest absolute Gasteiger partial charge is 0.507 e. The summed E-state index contributed by atoms with van der Waals surface area (Å²) in [6, 6.07) is 12.2. The lowest BCUT2D eigenvalue weighted by molar-refractivity contribution is 0.0977. The minimum Gasteiger partial charge on any atom is -0.507 e. The van der Waals surface area contributed by atoms with Gasteiger partial charge in [0.2, 0.25) is 0 Å². The van der Waals surface area contributed by atoms with E-state index in [0.717, 1.165) is 0 Å². The molecule has 0 aliphatic heterocycles. The summed E-state index contributed by atoms with van der Waals surface area (Å²) in [6.45, 7) is 5.75. The van der Waals surface area contributed by atoms with Gasteiger partial charge in [0.1, 0.15) is 5.75 Å². The van der Waals surface area contributed by atoms with Crippen LogP contribution in [0, 0.1) is 0 Å². The van der Waals surface area contributed by atoms with Crippen molar-refractivity contribution in [3.63, 3.8) is 0 Å². The molecular weight excluding hydrogens is 454 g/mol. The van der Waals surface area contributed by atoms with Crippen LogP contribution in [0.3, 0.4) is 0 Å². The van der Waals surface area contributed by atoms with E-state index in [0.29, 0.717) is 35.3 Å². The van der Waals surface area contributed by atoms with E-state index in [4.69, 9.17) is 0 Å². The van der Waals surface area contributed by atoms with E-state index in [-0.39, 0.29) is 44.6 Å². The average molecular weight is 480 g/mol. The Balaban J connectivity index is 1.94. The predicted molar refractivity (Wildman–Crippen MR) is 129 cm³/mol. The van der Waals surface area contributed by atoms with Crippen LogP contribution in [0.1, 0.15) is 76.1 Å². The van der Waals surface area contributed by atoms with Crippen LogP contribution >= 0.6 is 0 Å². The molecule has 3 aromatic carbocycles. The number of benzene rings is 3. The summed E-state index contributed by atoms with van der Waals surface area (Å²) in [4.78, 5) is 26.4. The molecule has 7 nitrogen and oxygen atoms in total. The molecule has 1 aliphatic carbocycles. The molecule has 1 atom stereocenters. The summed E-state index contributed by atoms with van der Waals surface area (Å²) in [7, 11) is -4.42. The maximum absolute atomic E-state index is 13.4. The molecule has 0 saturated heterocycles. The van der Waals surface area contributed by atoms with E-state index < -0.39 is 15.9 Å². The highest BCUT2D eigenvalue weighted by Gasteiger charge is 2.34. The summed E-state index contributed by atoms with van der Waals surface area (Å²) in [6.07, 6.45) is 1.15. The second kappa shape index (κ2) is 8.70. The Bertz CT molecular complexity index is 1440. The maximum atomic E-state index is 13.4. The Morgan fingerprint density at radius 1 is 0.941 bits per heavy atom. The molecule has 0 fully saturated rings. The molecular formula is C26H25NO6S. The van der Waals surface area contributed by atoms with Crippen LogP contribution in [0.2, 0.25) is 0 Å². The van der Waals surface area contributed by atoms with E-state index in [9.17, 15) is 27.7 Å². The van der Waals surface area contributed by atoms with Crippen molar-refractivity contribution in [2.75, 3.05) is 5.32 Å². The van der Waals surface area contributed by atoms with Crippen molar-refractivity contribution < 1.29 is 27.7 Å². The molecule has 0 radical (unpaired) electrons. The number of hydrogen-bond donors (Lipinski definition) is 3. The highest BCUT2D eigenvalue weighted by molar-refractivity contribution is 7.85. The molecule has 3 aromatic rings. The van der Waals surface area contributed by atoms with E-state index >= 15 is 0 Å². The third kappa shape index (κ3) is 3.89. The smallest absolute Gasteiger partial charge is 0.294 e. The summed E-state index contributed by atoms with van der Waals surface area (Å²) in [5.41, 5.74) is 2.73. The number of ketones is 2. The number of phenolic OH excluding ortho intramolecular Hbond substituents is 1.